The van der Waals surface area contributed by atoms with E-state index in [9.17, 15) is 4.79 Å². The molecule has 190 valence electrons. The first-order chi connectivity index (χ1) is 17.1. The van der Waals surface area contributed by atoms with E-state index >= 15 is 0 Å². The molecule has 2 N–H and O–H groups in total. The summed E-state index contributed by atoms with van der Waals surface area (Å²) in [5, 5.41) is 11.7. The van der Waals surface area contributed by atoms with Gasteiger partial charge in [0.15, 0.2) is 0 Å². The van der Waals surface area contributed by atoms with Crippen LogP contribution in [0.3, 0.4) is 0 Å². The topological polar surface area (TPSA) is 100 Å². The molecule has 0 unspecified atom stereocenters. The molecule has 0 atom stereocenters. The highest BCUT2D eigenvalue weighted by atomic mass is 16.5. The van der Waals surface area contributed by atoms with Gasteiger partial charge in [-0.2, -0.15) is 10.1 Å². The van der Waals surface area contributed by atoms with Crippen molar-refractivity contribution in [2.24, 2.45) is 0 Å². The molecule has 0 radical (unpaired) electrons. The number of amides is 1. The average Bonchev–Trinajstić information content (AvgIpc) is 3.66. The Hall–Kier alpha value is -2.72. The molecular formula is C25H38N8O2. The van der Waals surface area contributed by atoms with E-state index in [2.05, 4.69) is 38.4 Å². The average molecular weight is 483 g/mol. The van der Waals surface area contributed by atoms with Gasteiger partial charge < -0.3 is 25.2 Å². The number of carbonyl (C=O) groups is 1. The number of aryl methyl sites for hydroxylation is 1. The van der Waals surface area contributed by atoms with E-state index in [1.54, 1.807) is 0 Å². The Balaban J connectivity index is 1.21. The molecule has 1 amide bonds. The number of nitrogens with zero attached hydrogens (tertiary/aromatic N) is 6. The second-order valence-electron chi connectivity index (χ2n) is 10.1. The lowest BCUT2D eigenvalue weighted by Crippen LogP contribution is -2.34. The molecule has 3 aliphatic rings. The van der Waals surface area contributed by atoms with Gasteiger partial charge in [-0.3, -0.25) is 9.48 Å². The van der Waals surface area contributed by atoms with Gasteiger partial charge in [0.2, 0.25) is 11.9 Å². The van der Waals surface area contributed by atoms with Gasteiger partial charge in [-0.1, -0.05) is 0 Å². The van der Waals surface area contributed by atoms with Gasteiger partial charge in [-0.25, -0.2) is 4.98 Å². The normalized spacial score (nSPS) is 20.2. The zero-order valence-corrected chi connectivity index (χ0v) is 21.0. The SMILES string of the molecule is Cc1nn(C2CCN(C)CC2)cc1Nc1ncc(C2CC2)c(NCCCN2CCCOCC2=O)n1. The van der Waals surface area contributed by atoms with Crippen molar-refractivity contribution in [3.05, 3.63) is 23.7 Å². The summed E-state index contributed by atoms with van der Waals surface area (Å²) in [6, 6.07) is 0.443. The number of carbonyl (C=O) groups excluding carboxylic acids is 1. The van der Waals surface area contributed by atoms with Crippen LogP contribution in [-0.4, -0.2) is 88.4 Å². The molecule has 5 rings (SSSR count). The number of hydrogen-bond donors (Lipinski definition) is 2. The number of rotatable bonds is 9. The maximum atomic E-state index is 12.1. The van der Waals surface area contributed by atoms with Gasteiger partial charge in [0, 0.05) is 44.2 Å². The van der Waals surface area contributed by atoms with Gasteiger partial charge in [0.1, 0.15) is 12.4 Å². The first-order valence-electron chi connectivity index (χ1n) is 13.0. The van der Waals surface area contributed by atoms with Crippen molar-refractivity contribution in [2.75, 3.05) is 63.6 Å². The van der Waals surface area contributed by atoms with E-state index in [1.807, 2.05) is 18.0 Å². The van der Waals surface area contributed by atoms with Crippen LogP contribution in [-0.2, 0) is 9.53 Å². The lowest BCUT2D eigenvalue weighted by atomic mass is 10.1. The van der Waals surface area contributed by atoms with Crippen molar-refractivity contribution in [1.82, 2.24) is 29.5 Å². The summed E-state index contributed by atoms with van der Waals surface area (Å²) in [6.07, 6.45) is 10.4. The third kappa shape index (κ3) is 6.10. The summed E-state index contributed by atoms with van der Waals surface area (Å²) < 4.78 is 7.44. The number of ether oxygens (including phenoxy) is 1. The molecule has 35 heavy (non-hydrogen) atoms. The minimum absolute atomic E-state index is 0.0888. The number of likely N-dealkylation sites (tertiary alicyclic amines) is 1. The molecule has 0 bridgehead atoms. The van der Waals surface area contributed by atoms with Gasteiger partial charge in [0.05, 0.1) is 17.4 Å². The molecule has 4 heterocycles. The Kier molecular flexibility index (Phi) is 7.48. The molecule has 10 nitrogen and oxygen atoms in total. The number of hydrogen-bond acceptors (Lipinski definition) is 8. The number of anilines is 3. The van der Waals surface area contributed by atoms with E-state index in [4.69, 9.17) is 14.8 Å². The van der Waals surface area contributed by atoms with E-state index < -0.39 is 0 Å². The van der Waals surface area contributed by atoms with Crippen molar-refractivity contribution in [3.63, 3.8) is 0 Å². The zero-order valence-electron chi connectivity index (χ0n) is 21.0. The third-order valence-corrected chi connectivity index (χ3v) is 7.25. The summed E-state index contributed by atoms with van der Waals surface area (Å²) in [5.41, 5.74) is 3.10. The summed E-state index contributed by atoms with van der Waals surface area (Å²) in [4.78, 5) is 25.9. The Morgan fingerprint density at radius 2 is 2.00 bits per heavy atom. The summed E-state index contributed by atoms with van der Waals surface area (Å²) >= 11 is 0. The quantitative estimate of drug-likeness (QED) is 0.526. The van der Waals surface area contributed by atoms with Crippen LogP contribution < -0.4 is 10.6 Å². The monoisotopic (exact) mass is 482 g/mol. The Morgan fingerprint density at radius 3 is 2.80 bits per heavy atom. The molecule has 10 heteroatoms. The first kappa shape index (κ1) is 24.0. The predicted octanol–water partition coefficient (Wildman–Crippen LogP) is 2.92. The van der Waals surface area contributed by atoms with Crippen LogP contribution in [0.25, 0.3) is 0 Å². The van der Waals surface area contributed by atoms with Crippen LogP contribution in [0, 0.1) is 6.92 Å². The lowest BCUT2D eigenvalue weighted by molar-refractivity contribution is -0.133. The van der Waals surface area contributed by atoms with Crippen LogP contribution in [0.15, 0.2) is 12.4 Å². The first-order valence-corrected chi connectivity index (χ1v) is 13.0. The van der Waals surface area contributed by atoms with Gasteiger partial charge in [-0.05, 0) is 71.5 Å². The fraction of sp³-hybridized carbons (Fsp3) is 0.680. The maximum Gasteiger partial charge on any atom is 0.248 e. The van der Waals surface area contributed by atoms with E-state index in [0.717, 1.165) is 75.6 Å². The van der Waals surface area contributed by atoms with Gasteiger partial charge in [0.25, 0.3) is 0 Å². The van der Waals surface area contributed by atoms with Crippen LogP contribution in [0.1, 0.15) is 61.7 Å². The van der Waals surface area contributed by atoms with Gasteiger partial charge in [-0.15, -0.1) is 0 Å². The highest BCUT2D eigenvalue weighted by molar-refractivity contribution is 5.77. The third-order valence-electron chi connectivity index (χ3n) is 7.25. The molecule has 0 spiro atoms. The highest BCUT2D eigenvalue weighted by Crippen LogP contribution is 2.43. The van der Waals surface area contributed by atoms with Crippen LogP contribution in [0.5, 0.6) is 0 Å². The molecule has 0 aromatic carbocycles. The van der Waals surface area contributed by atoms with E-state index in [1.165, 1.54) is 18.4 Å². The molecule has 1 saturated carbocycles. The second kappa shape index (κ2) is 10.9. The molecule has 1 aliphatic carbocycles. The van der Waals surface area contributed by atoms with Crippen LogP contribution in [0.2, 0.25) is 0 Å². The van der Waals surface area contributed by atoms with Crippen molar-refractivity contribution in [2.45, 2.75) is 57.4 Å². The van der Waals surface area contributed by atoms with Crippen LogP contribution >= 0.6 is 0 Å². The van der Waals surface area contributed by atoms with E-state index in [0.29, 0.717) is 24.5 Å². The summed E-state index contributed by atoms with van der Waals surface area (Å²) in [7, 11) is 2.18. The number of nitrogens with one attached hydrogen (secondary N) is 2. The van der Waals surface area contributed by atoms with Crippen molar-refractivity contribution in [1.29, 1.82) is 0 Å². The Bertz CT molecular complexity index is 1010. The molecule has 2 saturated heterocycles. The van der Waals surface area contributed by atoms with Crippen LogP contribution in [0.4, 0.5) is 17.5 Å². The minimum atomic E-state index is 0.0888. The molecule has 2 aromatic rings. The minimum Gasteiger partial charge on any atom is -0.372 e. The number of aromatic nitrogens is 4. The summed E-state index contributed by atoms with van der Waals surface area (Å²) in [5.74, 6) is 2.12. The molecule has 2 aliphatic heterocycles. The number of piperidine rings is 1. The smallest absolute Gasteiger partial charge is 0.248 e. The van der Waals surface area contributed by atoms with E-state index in [-0.39, 0.29) is 12.5 Å². The zero-order chi connectivity index (χ0) is 24.2. The fourth-order valence-electron chi connectivity index (χ4n) is 4.90. The van der Waals surface area contributed by atoms with Crippen molar-refractivity contribution in [3.8, 4) is 0 Å². The Morgan fingerprint density at radius 1 is 1.17 bits per heavy atom. The molecule has 2 aromatic heterocycles. The Labute approximate surface area is 207 Å². The lowest BCUT2D eigenvalue weighted by Gasteiger charge is -2.28. The molecular weight excluding hydrogens is 444 g/mol. The largest absolute Gasteiger partial charge is 0.372 e. The maximum absolute atomic E-state index is 12.1. The second-order valence-corrected chi connectivity index (χ2v) is 10.1. The van der Waals surface area contributed by atoms with Crippen molar-refractivity contribution >= 4 is 23.4 Å². The predicted molar refractivity (Wildman–Crippen MR) is 135 cm³/mol. The standard InChI is InChI=1S/C25H38N8O2/c1-18-22(16-33(30-18)20-7-12-31(2)13-8-20)28-25-27-15-21(19-5-6-19)24(29-25)26-9-3-10-32-11-4-14-35-17-23(32)34/h15-16,19-20H,3-14,17H2,1-2H3,(H2,26,27,28,29). The fourth-order valence-corrected chi connectivity index (χ4v) is 4.90. The summed E-state index contributed by atoms with van der Waals surface area (Å²) in [6.45, 7) is 7.37. The van der Waals surface area contributed by atoms with Gasteiger partial charge >= 0.3 is 0 Å². The molecule has 3 fully saturated rings. The van der Waals surface area contributed by atoms with Crippen molar-refractivity contribution < 1.29 is 9.53 Å². The highest BCUT2D eigenvalue weighted by Gasteiger charge is 2.28.